The van der Waals surface area contributed by atoms with E-state index in [-0.39, 0.29) is 37.1 Å². The average molecular weight is 417 g/mol. The molecule has 128 valence electrons. The lowest BCUT2D eigenvalue weighted by Crippen LogP contribution is -2.31. The summed E-state index contributed by atoms with van der Waals surface area (Å²) >= 11 is 13.5. The van der Waals surface area contributed by atoms with Gasteiger partial charge in [-0.3, -0.25) is 4.79 Å². The van der Waals surface area contributed by atoms with Crippen molar-refractivity contribution < 1.29 is 4.79 Å². The van der Waals surface area contributed by atoms with Gasteiger partial charge in [0.15, 0.2) is 0 Å². The van der Waals surface area contributed by atoms with Crippen LogP contribution in [0.15, 0.2) is 23.6 Å². The molecule has 0 atom stereocenters. The highest BCUT2D eigenvalue weighted by atomic mass is 35.5. The van der Waals surface area contributed by atoms with Crippen LogP contribution >= 0.6 is 59.4 Å². The summed E-state index contributed by atoms with van der Waals surface area (Å²) in [5.74, 6) is -0.0377. The van der Waals surface area contributed by atoms with Crippen LogP contribution in [0.25, 0.3) is 10.6 Å². The second kappa shape index (κ2) is 11.1. The van der Waals surface area contributed by atoms with E-state index in [0.717, 1.165) is 22.8 Å². The summed E-state index contributed by atoms with van der Waals surface area (Å²) in [6.07, 6.45) is 0.269. The molecule has 0 bridgehead atoms. The Morgan fingerprint density at radius 2 is 2.00 bits per heavy atom. The maximum atomic E-state index is 11.7. The molecule has 9 heteroatoms. The van der Waals surface area contributed by atoms with Crippen LogP contribution in [0.1, 0.15) is 5.69 Å². The highest BCUT2D eigenvalue weighted by Gasteiger charge is 2.11. The molecule has 0 unspecified atom stereocenters. The number of hydrogen-bond donors (Lipinski definition) is 2. The zero-order valence-electron chi connectivity index (χ0n) is 12.3. The van der Waals surface area contributed by atoms with Crippen LogP contribution in [-0.2, 0) is 11.2 Å². The molecule has 1 aromatic heterocycles. The number of nitrogens with zero attached hydrogens (tertiary/aromatic N) is 1. The number of benzene rings is 1. The number of amides is 1. The van der Waals surface area contributed by atoms with Gasteiger partial charge in [-0.1, -0.05) is 23.2 Å². The number of halogens is 4. The summed E-state index contributed by atoms with van der Waals surface area (Å²) in [5.41, 5.74) is 1.57. The molecule has 0 aliphatic carbocycles. The van der Waals surface area contributed by atoms with Gasteiger partial charge in [0.2, 0.25) is 5.91 Å². The molecular formula is C14H17Cl4N3OS. The normalized spacial score (nSPS) is 9.70. The van der Waals surface area contributed by atoms with Gasteiger partial charge in [0.1, 0.15) is 5.01 Å². The van der Waals surface area contributed by atoms with E-state index in [2.05, 4.69) is 15.6 Å². The highest BCUT2D eigenvalue weighted by Crippen LogP contribution is 2.32. The third-order valence-electron chi connectivity index (χ3n) is 2.75. The number of thiazole rings is 1. The van der Waals surface area contributed by atoms with Gasteiger partial charge in [-0.15, -0.1) is 36.2 Å². The number of carbonyl (C=O) groups is 1. The van der Waals surface area contributed by atoms with E-state index in [1.165, 1.54) is 11.3 Å². The Kier molecular flexibility index (Phi) is 10.8. The van der Waals surface area contributed by atoms with E-state index in [1.54, 1.807) is 12.1 Å². The van der Waals surface area contributed by atoms with Crippen LogP contribution in [0.2, 0.25) is 10.0 Å². The molecule has 1 amide bonds. The van der Waals surface area contributed by atoms with Crippen LogP contribution in [0, 0.1) is 0 Å². The number of hydrogen-bond acceptors (Lipinski definition) is 4. The highest BCUT2D eigenvalue weighted by molar-refractivity contribution is 7.13. The van der Waals surface area contributed by atoms with Crippen molar-refractivity contribution in [1.29, 1.82) is 0 Å². The van der Waals surface area contributed by atoms with E-state index >= 15 is 0 Å². The Balaban J connectivity index is 0.00000242. The first-order valence-electron chi connectivity index (χ1n) is 6.41. The second-order valence-corrected chi connectivity index (χ2v) is 6.10. The number of carbonyl (C=O) groups excluding carboxylic acids is 1. The van der Waals surface area contributed by atoms with Gasteiger partial charge in [0.25, 0.3) is 0 Å². The van der Waals surface area contributed by atoms with Crippen LogP contribution in [-0.4, -0.2) is 31.0 Å². The molecule has 0 spiro atoms. The molecule has 0 saturated carbocycles. The van der Waals surface area contributed by atoms with Gasteiger partial charge in [0.05, 0.1) is 17.1 Å². The molecule has 2 aromatic rings. The van der Waals surface area contributed by atoms with Crippen molar-refractivity contribution in [3.8, 4) is 10.6 Å². The van der Waals surface area contributed by atoms with Crippen molar-refractivity contribution in [3.63, 3.8) is 0 Å². The molecule has 0 radical (unpaired) electrons. The Morgan fingerprint density at radius 3 is 2.65 bits per heavy atom. The lowest BCUT2D eigenvalue weighted by atomic mass is 10.2. The molecule has 0 saturated heterocycles. The molecule has 0 fully saturated rings. The molecule has 2 N–H and O–H groups in total. The van der Waals surface area contributed by atoms with Gasteiger partial charge in [-0.2, -0.15) is 0 Å². The van der Waals surface area contributed by atoms with E-state index in [1.807, 2.05) is 18.5 Å². The Hall–Kier alpha value is -0.560. The quantitative estimate of drug-likeness (QED) is 0.703. The fraction of sp³-hybridized carbons (Fsp3) is 0.286. The smallest absolute Gasteiger partial charge is 0.226 e. The summed E-state index contributed by atoms with van der Waals surface area (Å²) in [5, 5.41) is 9.59. The van der Waals surface area contributed by atoms with Crippen molar-refractivity contribution in [2.45, 2.75) is 6.42 Å². The third kappa shape index (κ3) is 6.83. The summed E-state index contributed by atoms with van der Waals surface area (Å²) in [6, 6.07) is 5.29. The van der Waals surface area contributed by atoms with Crippen molar-refractivity contribution in [2.75, 3.05) is 20.1 Å². The first-order valence-corrected chi connectivity index (χ1v) is 8.05. The third-order valence-corrected chi connectivity index (χ3v) is 4.22. The minimum absolute atomic E-state index is 0. The topological polar surface area (TPSA) is 54.0 Å². The number of rotatable bonds is 6. The van der Waals surface area contributed by atoms with E-state index in [0.29, 0.717) is 16.6 Å². The van der Waals surface area contributed by atoms with Crippen molar-refractivity contribution in [1.82, 2.24) is 15.6 Å². The molecule has 0 aliphatic heterocycles. The number of nitrogens with one attached hydrogen (secondary N) is 2. The zero-order valence-corrected chi connectivity index (χ0v) is 16.2. The molecular weight excluding hydrogens is 400 g/mol. The van der Waals surface area contributed by atoms with Crippen LogP contribution in [0.3, 0.4) is 0 Å². The van der Waals surface area contributed by atoms with Gasteiger partial charge < -0.3 is 10.6 Å². The SMILES string of the molecule is CNCCNC(=O)Cc1csc(-c2ccc(Cl)cc2Cl)n1.Cl.Cl. The fourth-order valence-electron chi connectivity index (χ4n) is 1.73. The van der Waals surface area contributed by atoms with Crippen molar-refractivity contribution >= 4 is 65.3 Å². The predicted molar refractivity (Wildman–Crippen MR) is 103 cm³/mol. The minimum Gasteiger partial charge on any atom is -0.354 e. The molecule has 23 heavy (non-hydrogen) atoms. The maximum absolute atomic E-state index is 11.7. The van der Waals surface area contributed by atoms with Gasteiger partial charge in [-0.05, 0) is 25.2 Å². The Bertz CT molecular complexity index is 636. The number of likely N-dealkylation sites (N-methyl/N-ethyl adjacent to an activating group) is 1. The lowest BCUT2D eigenvalue weighted by Gasteiger charge is -2.03. The van der Waals surface area contributed by atoms with Crippen molar-refractivity contribution in [3.05, 3.63) is 39.3 Å². The van der Waals surface area contributed by atoms with Crippen LogP contribution < -0.4 is 10.6 Å². The first-order chi connectivity index (χ1) is 10.1. The Morgan fingerprint density at radius 1 is 1.26 bits per heavy atom. The summed E-state index contributed by atoms with van der Waals surface area (Å²) in [7, 11) is 1.84. The van der Waals surface area contributed by atoms with Gasteiger partial charge in [-0.25, -0.2) is 4.98 Å². The van der Waals surface area contributed by atoms with Crippen LogP contribution in [0.5, 0.6) is 0 Å². The van der Waals surface area contributed by atoms with Gasteiger partial charge in [0, 0.05) is 29.1 Å². The molecule has 2 rings (SSSR count). The zero-order chi connectivity index (χ0) is 15.2. The predicted octanol–water partition coefficient (Wildman–Crippen LogP) is 3.84. The summed E-state index contributed by atoms with van der Waals surface area (Å²) in [4.78, 5) is 16.2. The Labute approximate surface area is 161 Å². The van der Waals surface area contributed by atoms with Gasteiger partial charge >= 0.3 is 0 Å². The molecule has 1 heterocycles. The molecule has 4 nitrogen and oxygen atoms in total. The minimum atomic E-state index is -0.0377. The van der Waals surface area contributed by atoms with E-state index in [9.17, 15) is 4.79 Å². The fourth-order valence-corrected chi connectivity index (χ4v) is 3.14. The average Bonchev–Trinajstić information content (AvgIpc) is 2.87. The van der Waals surface area contributed by atoms with E-state index in [4.69, 9.17) is 23.2 Å². The second-order valence-electron chi connectivity index (χ2n) is 4.40. The molecule has 0 aliphatic rings. The monoisotopic (exact) mass is 415 g/mol. The maximum Gasteiger partial charge on any atom is 0.226 e. The molecule has 1 aromatic carbocycles. The van der Waals surface area contributed by atoms with Crippen molar-refractivity contribution in [2.24, 2.45) is 0 Å². The largest absolute Gasteiger partial charge is 0.354 e. The van der Waals surface area contributed by atoms with E-state index < -0.39 is 0 Å². The number of aromatic nitrogens is 1. The lowest BCUT2D eigenvalue weighted by molar-refractivity contribution is -0.120. The first kappa shape index (κ1) is 22.4. The summed E-state index contributed by atoms with van der Waals surface area (Å²) < 4.78 is 0. The van der Waals surface area contributed by atoms with Crippen LogP contribution in [0.4, 0.5) is 0 Å². The standard InChI is InChI=1S/C14H15Cl2N3OS.2ClH/c1-17-4-5-18-13(20)7-10-8-21-14(19-10)11-3-2-9(15)6-12(11)16;;/h2-3,6,8,17H,4-5,7H2,1H3,(H,18,20);2*1H. The summed E-state index contributed by atoms with van der Waals surface area (Å²) in [6.45, 7) is 1.35.